The Morgan fingerprint density at radius 2 is 1.57 bits per heavy atom. The van der Waals surface area contributed by atoms with Crippen LogP contribution in [-0.4, -0.2) is 55.2 Å². The van der Waals surface area contributed by atoms with Crippen LogP contribution in [0.25, 0.3) is 0 Å². The summed E-state index contributed by atoms with van der Waals surface area (Å²) in [5.41, 5.74) is 8.43. The molecule has 0 saturated carbocycles. The van der Waals surface area contributed by atoms with Crippen molar-refractivity contribution in [1.29, 1.82) is 0 Å². The van der Waals surface area contributed by atoms with Gasteiger partial charge in [-0.2, -0.15) is 13.2 Å². The number of benzene rings is 1. The molecule has 1 aliphatic heterocycles. The second-order valence-corrected chi connectivity index (χ2v) is 5.71. The Balaban J connectivity index is 1.79. The zero-order valence-electron chi connectivity index (χ0n) is 12.2. The van der Waals surface area contributed by atoms with E-state index < -0.39 is 12.7 Å². The van der Waals surface area contributed by atoms with Crippen LogP contribution in [-0.2, 0) is 0 Å². The van der Waals surface area contributed by atoms with Crippen molar-refractivity contribution in [2.75, 3.05) is 39.3 Å². The van der Waals surface area contributed by atoms with Crippen molar-refractivity contribution in [1.82, 2.24) is 9.80 Å². The number of nitrogens with two attached hydrogens (primary N) is 1. The Kier molecular flexibility index (Phi) is 5.24. The fourth-order valence-corrected chi connectivity index (χ4v) is 2.58. The van der Waals surface area contributed by atoms with E-state index in [1.165, 1.54) is 10.5 Å². The fourth-order valence-electron chi connectivity index (χ4n) is 2.58. The van der Waals surface area contributed by atoms with Crippen LogP contribution >= 0.6 is 0 Å². The summed E-state index contributed by atoms with van der Waals surface area (Å²) in [6.45, 7) is 4.05. The summed E-state index contributed by atoms with van der Waals surface area (Å²) in [6.07, 6.45) is -4.11. The van der Waals surface area contributed by atoms with E-state index in [2.05, 4.69) is 4.90 Å². The highest BCUT2D eigenvalue weighted by atomic mass is 19.4. The molecule has 1 heterocycles. The van der Waals surface area contributed by atoms with Crippen LogP contribution in [0.1, 0.15) is 17.2 Å². The van der Waals surface area contributed by atoms with Gasteiger partial charge in [-0.05, 0) is 12.5 Å². The lowest BCUT2D eigenvalue weighted by molar-refractivity contribution is -0.149. The third kappa shape index (κ3) is 5.30. The number of alkyl halides is 3. The van der Waals surface area contributed by atoms with Crippen LogP contribution in [0.15, 0.2) is 24.3 Å². The first kappa shape index (κ1) is 16.3. The monoisotopic (exact) mass is 301 g/mol. The van der Waals surface area contributed by atoms with Gasteiger partial charge in [0, 0.05) is 38.8 Å². The minimum Gasteiger partial charge on any atom is -0.323 e. The second kappa shape index (κ2) is 6.77. The maximum atomic E-state index is 12.3. The zero-order chi connectivity index (χ0) is 15.5. The molecule has 1 aromatic carbocycles. The van der Waals surface area contributed by atoms with E-state index >= 15 is 0 Å². The Morgan fingerprint density at radius 1 is 1.05 bits per heavy atom. The van der Waals surface area contributed by atoms with Gasteiger partial charge >= 0.3 is 6.18 Å². The highest BCUT2D eigenvalue weighted by Gasteiger charge is 2.32. The van der Waals surface area contributed by atoms with Gasteiger partial charge < -0.3 is 5.73 Å². The quantitative estimate of drug-likeness (QED) is 0.925. The van der Waals surface area contributed by atoms with Gasteiger partial charge in [-0.15, -0.1) is 0 Å². The number of nitrogens with zero attached hydrogens (tertiary/aromatic N) is 2. The smallest absolute Gasteiger partial charge is 0.323 e. The molecule has 6 heteroatoms. The van der Waals surface area contributed by atoms with Crippen molar-refractivity contribution < 1.29 is 13.2 Å². The number of piperazine rings is 1. The van der Waals surface area contributed by atoms with Gasteiger partial charge in [0.25, 0.3) is 0 Å². The summed E-state index contributed by atoms with van der Waals surface area (Å²) in [4.78, 5) is 3.59. The molecular weight excluding hydrogens is 279 g/mol. The third-order valence-corrected chi connectivity index (χ3v) is 3.83. The lowest BCUT2D eigenvalue weighted by Crippen LogP contribution is -2.50. The molecule has 2 rings (SSSR count). The number of rotatable bonds is 4. The molecule has 0 amide bonds. The average Bonchev–Trinajstić information content (AvgIpc) is 2.40. The Hall–Kier alpha value is -1.11. The van der Waals surface area contributed by atoms with Crippen molar-refractivity contribution in [2.45, 2.75) is 19.1 Å². The Morgan fingerprint density at radius 3 is 2.10 bits per heavy atom. The summed E-state index contributed by atoms with van der Waals surface area (Å²) in [6, 6.07) is 7.98. The number of halogens is 3. The molecule has 21 heavy (non-hydrogen) atoms. The summed E-state index contributed by atoms with van der Waals surface area (Å²) in [5.74, 6) is 0. The first-order valence-corrected chi connectivity index (χ1v) is 7.17. The molecule has 1 aromatic rings. The fraction of sp³-hybridized carbons (Fsp3) is 0.600. The predicted molar refractivity (Wildman–Crippen MR) is 77.0 cm³/mol. The van der Waals surface area contributed by atoms with Crippen molar-refractivity contribution in [3.8, 4) is 0 Å². The minimum atomic E-state index is -4.11. The minimum absolute atomic E-state index is 0.0974. The standard InChI is InChI=1S/C15H22F3N3/c1-12-2-4-13(5-3-12)14(19)10-20-6-8-21(9-7-20)11-15(16,17)18/h2-5,14H,6-11,19H2,1H3. The topological polar surface area (TPSA) is 32.5 Å². The summed E-state index contributed by atoms with van der Waals surface area (Å²) in [5, 5.41) is 0. The maximum Gasteiger partial charge on any atom is 0.401 e. The van der Waals surface area contributed by atoms with Gasteiger partial charge in [-0.3, -0.25) is 9.80 Å². The highest BCUT2D eigenvalue weighted by Crippen LogP contribution is 2.18. The summed E-state index contributed by atoms with van der Waals surface area (Å²) >= 11 is 0. The molecule has 118 valence electrons. The normalized spacial score (nSPS) is 19.7. The van der Waals surface area contributed by atoms with Crippen LogP contribution in [0, 0.1) is 6.92 Å². The van der Waals surface area contributed by atoms with Gasteiger partial charge in [0.1, 0.15) is 0 Å². The van der Waals surface area contributed by atoms with Crippen molar-refractivity contribution in [3.05, 3.63) is 35.4 Å². The van der Waals surface area contributed by atoms with Gasteiger partial charge in [0.15, 0.2) is 0 Å². The van der Waals surface area contributed by atoms with E-state index in [0.717, 1.165) is 5.56 Å². The van der Waals surface area contributed by atoms with Crippen LogP contribution in [0.5, 0.6) is 0 Å². The van der Waals surface area contributed by atoms with E-state index in [-0.39, 0.29) is 6.04 Å². The van der Waals surface area contributed by atoms with Gasteiger partial charge in [0.2, 0.25) is 0 Å². The van der Waals surface area contributed by atoms with E-state index in [1.807, 2.05) is 31.2 Å². The molecule has 0 aliphatic carbocycles. The first-order chi connectivity index (χ1) is 9.83. The molecule has 3 nitrogen and oxygen atoms in total. The third-order valence-electron chi connectivity index (χ3n) is 3.83. The molecule has 2 N–H and O–H groups in total. The zero-order valence-corrected chi connectivity index (χ0v) is 12.2. The lowest BCUT2D eigenvalue weighted by Gasteiger charge is -2.36. The van der Waals surface area contributed by atoms with Crippen molar-refractivity contribution in [2.24, 2.45) is 5.73 Å². The van der Waals surface area contributed by atoms with Gasteiger partial charge in [-0.1, -0.05) is 29.8 Å². The molecule has 1 aliphatic rings. The van der Waals surface area contributed by atoms with Crippen LogP contribution in [0.3, 0.4) is 0 Å². The molecule has 0 aromatic heterocycles. The largest absolute Gasteiger partial charge is 0.401 e. The van der Waals surface area contributed by atoms with E-state index in [1.54, 1.807) is 0 Å². The number of aryl methyl sites for hydroxylation is 1. The number of hydrogen-bond donors (Lipinski definition) is 1. The molecule has 0 bridgehead atoms. The second-order valence-electron chi connectivity index (χ2n) is 5.71. The van der Waals surface area contributed by atoms with E-state index in [4.69, 9.17) is 5.73 Å². The average molecular weight is 301 g/mol. The lowest BCUT2D eigenvalue weighted by atomic mass is 10.1. The first-order valence-electron chi connectivity index (χ1n) is 7.17. The van der Waals surface area contributed by atoms with Crippen molar-refractivity contribution >= 4 is 0 Å². The predicted octanol–water partition coefficient (Wildman–Crippen LogP) is 2.17. The van der Waals surface area contributed by atoms with E-state index in [9.17, 15) is 13.2 Å². The molecule has 0 spiro atoms. The van der Waals surface area contributed by atoms with Crippen LogP contribution < -0.4 is 5.73 Å². The van der Waals surface area contributed by atoms with Crippen LogP contribution in [0.2, 0.25) is 0 Å². The summed E-state index contributed by atoms with van der Waals surface area (Å²) < 4.78 is 37.0. The number of hydrogen-bond acceptors (Lipinski definition) is 3. The Labute approximate surface area is 123 Å². The molecule has 1 fully saturated rings. The Bertz CT molecular complexity index is 436. The molecule has 0 radical (unpaired) electrons. The molecule has 1 atom stereocenters. The summed E-state index contributed by atoms with van der Waals surface area (Å²) in [7, 11) is 0. The molecule has 1 saturated heterocycles. The van der Waals surface area contributed by atoms with Crippen LogP contribution in [0.4, 0.5) is 13.2 Å². The molecule has 1 unspecified atom stereocenters. The SMILES string of the molecule is Cc1ccc(C(N)CN2CCN(CC(F)(F)F)CC2)cc1. The van der Waals surface area contributed by atoms with Crippen molar-refractivity contribution in [3.63, 3.8) is 0 Å². The van der Waals surface area contributed by atoms with Gasteiger partial charge in [-0.25, -0.2) is 0 Å². The van der Waals surface area contributed by atoms with Gasteiger partial charge in [0.05, 0.1) is 6.54 Å². The highest BCUT2D eigenvalue weighted by molar-refractivity contribution is 5.24. The molecular formula is C15H22F3N3. The van der Waals surface area contributed by atoms with E-state index in [0.29, 0.717) is 32.7 Å². The maximum absolute atomic E-state index is 12.3.